The largest absolute Gasteiger partial charge is 0.399 e. The average Bonchev–Trinajstić information content (AvgIpc) is 3.56. The Morgan fingerprint density at radius 2 is 1.53 bits per heavy atom. The van der Waals surface area contributed by atoms with Crippen molar-refractivity contribution >= 4 is 47.0 Å². The van der Waals surface area contributed by atoms with Crippen molar-refractivity contribution in [1.29, 1.82) is 0 Å². The fraction of sp³-hybridized carbons (Fsp3) is 0.629. The van der Waals surface area contributed by atoms with Crippen LogP contribution < -0.4 is 44.2 Å². The molecule has 1 fully saturated rings. The quantitative estimate of drug-likeness (QED) is 0.0348. The van der Waals surface area contributed by atoms with Gasteiger partial charge in [-0.15, -0.1) is 0 Å². The van der Waals surface area contributed by atoms with E-state index in [4.69, 9.17) is 22.9 Å². The summed E-state index contributed by atoms with van der Waals surface area (Å²) in [6.07, 6.45) is 2.52. The van der Waals surface area contributed by atoms with Gasteiger partial charge in [-0.2, -0.15) is 0 Å². The maximum atomic E-state index is 14.0. The van der Waals surface area contributed by atoms with Crippen LogP contribution in [0, 0.1) is 11.8 Å². The minimum atomic E-state index is -1.12. The molecule has 16 nitrogen and oxygen atoms in total. The Balaban J connectivity index is 2.34. The molecule has 0 aliphatic carbocycles. The first-order valence-corrected chi connectivity index (χ1v) is 17.7. The standard InChI is InChI=1S/C35H58N10O6/c1-6-21(4)29(44-32(49)26(41-19-22(5)46)18-23-11-13-24(36)14-12-23)33(50)42-25(9-7-15-40-35(38)39)31(48)43-27(17-20(2)3)34(51)45-16-8-10-28(45)30(37)47/h11-14,20-21,25-29,41H,6-10,15-19,36H2,1-5H3,(H2,37,47)(H,42,50)(H,43,48)(H,44,49)(H4,38,39,40)/t21-,25-,26-,27-,28-,29-/m0/s1. The monoisotopic (exact) mass is 714 g/mol. The summed E-state index contributed by atoms with van der Waals surface area (Å²) >= 11 is 0. The molecule has 0 aromatic heterocycles. The molecule has 2 rings (SSSR count). The molecule has 12 N–H and O–H groups in total. The van der Waals surface area contributed by atoms with E-state index in [0.29, 0.717) is 37.9 Å². The number of ketones is 1. The minimum Gasteiger partial charge on any atom is -0.399 e. The van der Waals surface area contributed by atoms with Gasteiger partial charge < -0.3 is 43.8 Å². The zero-order valence-corrected chi connectivity index (χ0v) is 30.6. The van der Waals surface area contributed by atoms with Crippen LogP contribution in [0.1, 0.15) is 78.7 Å². The maximum absolute atomic E-state index is 14.0. The zero-order chi connectivity index (χ0) is 38.2. The molecule has 1 aliphatic heterocycles. The molecule has 0 radical (unpaired) electrons. The first kappa shape index (κ1) is 42.4. The Bertz CT molecular complexity index is 1380. The number of nitrogen functional groups attached to an aromatic ring is 1. The van der Waals surface area contributed by atoms with Gasteiger partial charge in [0.1, 0.15) is 30.0 Å². The van der Waals surface area contributed by atoms with Crippen LogP contribution in [0.2, 0.25) is 0 Å². The van der Waals surface area contributed by atoms with Crippen molar-refractivity contribution in [1.82, 2.24) is 26.2 Å². The lowest BCUT2D eigenvalue weighted by Crippen LogP contribution is -2.60. The van der Waals surface area contributed by atoms with Gasteiger partial charge in [-0.3, -0.25) is 39.1 Å². The smallest absolute Gasteiger partial charge is 0.245 e. The first-order chi connectivity index (χ1) is 24.0. The third-order valence-electron chi connectivity index (χ3n) is 8.89. The number of guanidine groups is 1. The molecule has 0 saturated carbocycles. The molecule has 1 aliphatic rings. The Labute approximate surface area is 300 Å². The van der Waals surface area contributed by atoms with Crippen molar-refractivity contribution in [3.8, 4) is 0 Å². The molecule has 0 spiro atoms. The number of benzene rings is 1. The molecule has 1 heterocycles. The average molecular weight is 715 g/mol. The number of Topliss-reactive ketones (excluding diaryl/α,β-unsaturated/α-hetero) is 1. The number of nitrogens with zero attached hydrogens (tertiary/aromatic N) is 2. The summed E-state index contributed by atoms with van der Waals surface area (Å²) in [5.41, 5.74) is 23.7. The van der Waals surface area contributed by atoms with Gasteiger partial charge in [0.2, 0.25) is 29.5 Å². The normalized spacial score (nSPS) is 17.1. The van der Waals surface area contributed by atoms with Gasteiger partial charge in [-0.05, 0) is 75.0 Å². The number of aliphatic imine (C=N–C) groups is 1. The second-order valence-corrected chi connectivity index (χ2v) is 13.7. The van der Waals surface area contributed by atoms with Crippen molar-refractivity contribution in [2.24, 2.45) is 34.0 Å². The van der Waals surface area contributed by atoms with Crippen LogP contribution in [0.3, 0.4) is 0 Å². The fourth-order valence-electron chi connectivity index (χ4n) is 5.90. The highest BCUT2D eigenvalue weighted by atomic mass is 16.2. The van der Waals surface area contributed by atoms with E-state index in [1.807, 2.05) is 20.8 Å². The molecule has 284 valence electrons. The van der Waals surface area contributed by atoms with Crippen LogP contribution >= 0.6 is 0 Å². The molecule has 0 unspecified atom stereocenters. The lowest BCUT2D eigenvalue weighted by atomic mass is 9.96. The van der Waals surface area contributed by atoms with Gasteiger partial charge in [-0.25, -0.2) is 0 Å². The molecule has 16 heteroatoms. The number of primary amides is 1. The second-order valence-electron chi connectivity index (χ2n) is 13.7. The summed E-state index contributed by atoms with van der Waals surface area (Å²) in [5.74, 6) is -3.36. The van der Waals surface area contributed by atoms with Crippen LogP contribution in [0.5, 0.6) is 0 Å². The molecule has 51 heavy (non-hydrogen) atoms. The van der Waals surface area contributed by atoms with Gasteiger partial charge >= 0.3 is 0 Å². The van der Waals surface area contributed by atoms with Crippen LogP contribution in [0.4, 0.5) is 5.69 Å². The van der Waals surface area contributed by atoms with Crippen molar-refractivity contribution < 1.29 is 28.8 Å². The van der Waals surface area contributed by atoms with E-state index in [1.165, 1.54) is 11.8 Å². The van der Waals surface area contributed by atoms with Crippen molar-refractivity contribution in [3.05, 3.63) is 29.8 Å². The molecule has 5 amide bonds. The predicted molar refractivity (Wildman–Crippen MR) is 196 cm³/mol. The Hall–Kier alpha value is -4.73. The van der Waals surface area contributed by atoms with E-state index in [2.05, 4.69) is 26.3 Å². The number of hydrogen-bond acceptors (Lipinski definition) is 9. The summed E-state index contributed by atoms with van der Waals surface area (Å²) in [5, 5.41) is 11.4. The van der Waals surface area contributed by atoms with Crippen molar-refractivity contribution in [2.75, 3.05) is 25.4 Å². The van der Waals surface area contributed by atoms with Crippen LogP contribution in [0.25, 0.3) is 0 Å². The van der Waals surface area contributed by atoms with Gasteiger partial charge in [0.05, 0.1) is 12.6 Å². The summed E-state index contributed by atoms with van der Waals surface area (Å²) < 4.78 is 0. The summed E-state index contributed by atoms with van der Waals surface area (Å²) in [4.78, 5) is 84.5. The van der Waals surface area contributed by atoms with Gasteiger partial charge in [0.25, 0.3) is 0 Å². The summed E-state index contributed by atoms with van der Waals surface area (Å²) in [6.45, 7) is 9.36. The van der Waals surface area contributed by atoms with Crippen molar-refractivity contribution in [2.45, 2.75) is 110 Å². The Kier molecular flexibility index (Phi) is 17.3. The lowest BCUT2D eigenvalue weighted by Gasteiger charge is -2.31. The molecular weight excluding hydrogens is 656 g/mol. The molecule has 6 atom stereocenters. The highest BCUT2D eigenvalue weighted by Crippen LogP contribution is 2.20. The summed E-state index contributed by atoms with van der Waals surface area (Å²) in [7, 11) is 0. The second kappa shape index (κ2) is 20.8. The number of nitrogens with one attached hydrogen (secondary N) is 4. The van der Waals surface area contributed by atoms with Crippen LogP contribution in [0.15, 0.2) is 29.3 Å². The number of carbonyl (C=O) groups is 6. The molecular formula is C35H58N10O6. The van der Waals surface area contributed by atoms with E-state index >= 15 is 0 Å². The van der Waals surface area contributed by atoms with E-state index in [-0.39, 0.29) is 55.9 Å². The number of hydrogen-bond donors (Lipinski definition) is 8. The van der Waals surface area contributed by atoms with Crippen LogP contribution in [-0.2, 0) is 35.2 Å². The lowest BCUT2D eigenvalue weighted by molar-refractivity contribution is -0.141. The fourth-order valence-corrected chi connectivity index (χ4v) is 5.90. The third kappa shape index (κ3) is 14.2. The minimum absolute atomic E-state index is 0.00610. The Morgan fingerprint density at radius 3 is 2.10 bits per heavy atom. The van der Waals surface area contributed by atoms with E-state index in [9.17, 15) is 28.8 Å². The highest BCUT2D eigenvalue weighted by Gasteiger charge is 2.38. The highest BCUT2D eigenvalue weighted by molar-refractivity contribution is 5.96. The maximum Gasteiger partial charge on any atom is 0.245 e. The molecule has 1 aromatic carbocycles. The topological polar surface area (TPSA) is 270 Å². The number of carbonyl (C=O) groups excluding carboxylic acids is 6. The molecule has 1 aromatic rings. The number of rotatable bonds is 21. The molecule has 0 bridgehead atoms. The SMILES string of the molecule is CC[C@H](C)[C@H](NC(=O)[C@H](Cc1ccc(N)cc1)NCC(C)=O)C(=O)N[C@@H](CCCN=C(N)N)C(=O)N[C@@H](CC(C)C)C(=O)N1CCC[C@H]1C(N)=O. The van der Waals surface area contributed by atoms with Crippen LogP contribution in [-0.4, -0.2) is 96.0 Å². The predicted octanol–water partition coefficient (Wildman–Crippen LogP) is -0.565. The third-order valence-corrected chi connectivity index (χ3v) is 8.89. The first-order valence-electron chi connectivity index (χ1n) is 17.7. The van der Waals surface area contributed by atoms with Gasteiger partial charge in [0.15, 0.2) is 5.96 Å². The van der Waals surface area contributed by atoms with E-state index < -0.39 is 59.7 Å². The number of amides is 5. The van der Waals surface area contributed by atoms with Gasteiger partial charge in [-0.1, -0.05) is 46.2 Å². The number of anilines is 1. The number of nitrogens with two attached hydrogens (primary N) is 4. The van der Waals surface area contributed by atoms with E-state index in [0.717, 1.165) is 5.56 Å². The zero-order valence-electron chi connectivity index (χ0n) is 30.6. The number of likely N-dealkylation sites (tertiary alicyclic amines) is 1. The molecule has 1 saturated heterocycles. The van der Waals surface area contributed by atoms with E-state index in [1.54, 1.807) is 31.2 Å². The summed E-state index contributed by atoms with van der Waals surface area (Å²) in [6, 6.07) is 2.24. The van der Waals surface area contributed by atoms with Crippen molar-refractivity contribution in [3.63, 3.8) is 0 Å². The Morgan fingerprint density at radius 1 is 0.902 bits per heavy atom. The van der Waals surface area contributed by atoms with Gasteiger partial charge in [0, 0.05) is 18.8 Å².